The quantitative estimate of drug-likeness (QED) is 0.524. The van der Waals surface area contributed by atoms with Crippen LogP contribution >= 0.6 is 0 Å². The summed E-state index contributed by atoms with van der Waals surface area (Å²) in [5.74, 6) is 4.06. The first-order valence-electron chi connectivity index (χ1n) is 4.98. The Morgan fingerprint density at radius 1 is 1.27 bits per heavy atom. The lowest BCUT2D eigenvalue weighted by Crippen LogP contribution is -2.14. The average molecular weight is 152 g/mol. The van der Waals surface area contributed by atoms with Gasteiger partial charge in [-0.2, -0.15) is 0 Å². The van der Waals surface area contributed by atoms with Crippen LogP contribution in [0.25, 0.3) is 0 Å². The minimum Gasteiger partial charge on any atom is -0.373 e. The van der Waals surface area contributed by atoms with Crippen LogP contribution in [-0.4, -0.2) is 12.7 Å². The first-order chi connectivity index (χ1) is 5.36. The molecular weight excluding hydrogens is 136 g/mol. The highest BCUT2D eigenvalue weighted by Crippen LogP contribution is 2.56. The maximum Gasteiger partial charge on any atom is 0.0843 e. The van der Waals surface area contributed by atoms with Crippen molar-refractivity contribution in [2.24, 2.45) is 23.7 Å². The van der Waals surface area contributed by atoms with Gasteiger partial charge >= 0.3 is 0 Å². The smallest absolute Gasteiger partial charge is 0.0843 e. The van der Waals surface area contributed by atoms with E-state index in [0.29, 0.717) is 6.10 Å². The van der Waals surface area contributed by atoms with Crippen LogP contribution in [0.5, 0.6) is 0 Å². The van der Waals surface area contributed by atoms with Crippen molar-refractivity contribution in [3.8, 4) is 0 Å². The number of rotatable bonds is 1. The third-order valence-corrected chi connectivity index (χ3v) is 4.10. The monoisotopic (exact) mass is 152 g/mol. The van der Waals surface area contributed by atoms with Crippen molar-refractivity contribution in [1.82, 2.24) is 0 Å². The normalized spacial score (nSPS) is 60.3. The van der Waals surface area contributed by atoms with Gasteiger partial charge < -0.3 is 4.74 Å². The van der Waals surface area contributed by atoms with Crippen molar-refractivity contribution in [3.63, 3.8) is 0 Å². The number of hydrogen-bond donors (Lipinski definition) is 0. The van der Waals surface area contributed by atoms with Crippen LogP contribution in [0.4, 0.5) is 0 Å². The molecule has 2 bridgehead atoms. The van der Waals surface area contributed by atoms with Gasteiger partial charge in [0.15, 0.2) is 0 Å². The SMILES string of the molecule is CC1CC2CCC1C2C1CO1. The molecule has 0 aromatic rings. The van der Waals surface area contributed by atoms with Gasteiger partial charge in [0.05, 0.1) is 12.7 Å². The molecule has 0 radical (unpaired) electrons. The Balaban J connectivity index is 1.84. The molecule has 5 unspecified atom stereocenters. The van der Waals surface area contributed by atoms with E-state index in [-0.39, 0.29) is 0 Å². The molecule has 1 heterocycles. The molecule has 1 saturated heterocycles. The van der Waals surface area contributed by atoms with Crippen LogP contribution in [0.2, 0.25) is 0 Å². The first-order valence-corrected chi connectivity index (χ1v) is 4.98. The predicted molar refractivity (Wildman–Crippen MR) is 43.2 cm³/mol. The second kappa shape index (κ2) is 2.01. The lowest BCUT2D eigenvalue weighted by atomic mass is 9.89. The summed E-state index contributed by atoms with van der Waals surface area (Å²) < 4.78 is 5.42. The molecule has 11 heavy (non-hydrogen) atoms. The van der Waals surface area contributed by atoms with Crippen LogP contribution in [0.3, 0.4) is 0 Å². The van der Waals surface area contributed by atoms with Crippen molar-refractivity contribution >= 4 is 0 Å². The summed E-state index contributed by atoms with van der Waals surface area (Å²) >= 11 is 0. The summed E-state index contributed by atoms with van der Waals surface area (Å²) in [7, 11) is 0. The zero-order chi connectivity index (χ0) is 7.42. The molecule has 1 aliphatic heterocycles. The van der Waals surface area contributed by atoms with E-state index in [1.54, 1.807) is 0 Å². The van der Waals surface area contributed by atoms with Crippen LogP contribution in [0.15, 0.2) is 0 Å². The Morgan fingerprint density at radius 2 is 2.09 bits per heavy atom. The standard InChI is InChI=1S/C10H16O/c1-6-4-7-2-3-8(6)10(7)9-5-11-9/h6-10H,2-5H2,1H3. The molecule has 0 aromatic carbocycles. The third kappa shape index (κ3) is 0.807. The van der Waals surface area contributed by atoms with Crippen LogP contribution < -0.4 is 0 Å². The minimum absolute atomic E-state index is 0.692. The lowest BCUT2D eigenvalue weighted by Gasteiger charge is -2.16. The van der Waals surface area contributed by atoms with Crippen LogP contribution in [0.1, 0.15) is 26.2 Å². The highest BCUT2D eigenvalue weighted by atomic mass is 16.6. The van der Waals surface area contributed by atoms with Crippen LogP contribution in [0, 0.1) is 23.7 Å². The third-order valence-electron chi connectivity index (χ3n) is 4.10. The summed E-state index contributed by atoms with van der Waals surface area (Å²) in [5, 5.41) is 0. The number of epoxide rings is 1. The molecule has 1 nitrogen and oxygen atoms in total. The summed E-state index contributed by atoms with van der Waals surface area (Å²) in [6.07, 6.45) is 5.18. The van der Waals surface area contributed by atoms with Crippen molar-refractivity contribution in [1.29, 1.82) is 0 Å². The van der Waals surface area contributed by atoms with E-state index in [1.165, 1.54) is 19.3 Å². The van der Waals surface area contributed by atoms with E-state index in [4.69, 9.17) is 4.74 Å². The second-order valence-corrected chi connectivity index (χ2v) is 4.66. The largest absolute Gasteiger partial charge is 0.373 e. The Bertz CT molecular complexity index is 174. The molecule has 0 spiro atoms. The lowest BCUT2D eigenvalue weighted by molar-refractivity contribution is 0.265. The number of hydrogen-bond acceptors (Lipinski definition) is 1. The van der Waals surface area contributed by atoms with E-state index in [9.17, 15) is 0 Å². The minimum atomic E-state index is 0.692. The number of fused-ring (bicyclic) bond motifs is 2. The van der Waals surface area contributed by atoms with Crippen molar-refractivity contribution in [3.05, 3.63) is 0 Å². The maximum absolute atomic E-state index is 5.42. The molecule has 0 N–H and O–H groups in total. The van der Waals surface area contributed by atoms with E-state index in [0.717, 1.165) is 30.3 Å². The molecular formula is C10H16O. The van der Waals surface area contributed by atoms with Gasteiger partial charge in [-0.05, 0) is 42.9 Å². The van der Waals surface area contributed by atoms with E-state index in [2.05, 4.69) is 6.92 Å². The van der Waals surface area contributed by atoms with Gasteiger partial charge in [0.25, 0.3) is 0 Å². The Kier molecular flexibility index (Phi) is 1.18. The fourth-order valence-corrected chi connectivity index (χ4v) is 3.59. The van der Waals surface area contributed by atoms with Gasteiger partial charge in [-0.15, -0.1) is 0 Å². The van der Waals surface area contributed by atoms with E-state index >= 15 is 0 Å². The van der Waals surface area contributed by atoms with Crippen LogP contribution in [-0.2, 0) is 4.74 Å². The Hall–Kier alpha value is -0.0400. The molecule has 1 heteroatoms. The topological polar surface area (TPSA) is 12.5 Å². The van der Waals surface area contributed by atoms with E-state index < -0.39 is 0 Å². The molecule has 3 fully saturated rings. The van der Waals surface area contributed by atoms with Gasteiger partial charge in [-0.25, -0.2) is 0 Å². The maximum atomic E-state index is 5.42. The summed E-state index contributed by atoms with van der Waals surface area (Å²) in [6.45, 7) is 3.50. The number of ether oxygens (including phenoxy) is 1. The van der Waals surface area contributed by atoms with Crippen molar-refractivity contribution < 1.29 is 4.74 Å². The molecule has 5 atom stereocenters. The zero-order valence-corrected chi connectivity index (χ0v) is 7.12. The molecule has 3 rings (SSSR count). The summed E-state index contributed by atoms with van der Waals surface area (Å²) in [5.41, 5.74) is 0. The van der Waals surface area contributed by atoms with Crippen molar-refractivity contribution in [2.45, 2.75) is 32.3 Å². The Labute approximate surface area is 68.1 Å². The zero-order valence-electron chi connectivity index (χ0n) is 7.12. The van der Waals surface area contributed by atoms with Gasteiger partial charge in [-0.3, -0.25) is 0 Å². The fourth-order valence-electron chi connectivity index (χ4n) is 3.59. The highest BCUT2D eigenvalue weighted by molar-refractivity contribution is 5.01. The molecule has 3 aliphatic rings. The summed E-state index contributed by atoms with van der Waals surface area (Å²) in [4.78, 5) is 0. The molecule has 0 amide bonds. The van der Waals surface area contributed by atoms with Gasteiger partial charge in [0.2, 0.25) is 0 Å². The first kappa shape index (κ1) is 6.47. The molecule has 0 aromatic heterocycles. The Morgan fingerprint density at radius 3 is 2.55 bits per heavy atom. The molecule has 2 saturated carbocycles. The molecule has 2 aliphatic carbocycles. The average Bonchev–Trinajstić information content (AvgIpc) is 2.69. The second-order valence-electron chi connectivity index (χ2n) is 4.66. The highest BCUT2D eigenvalue weighted by Gasteiger charge is 2.52. The van der Waals surface area contributed by atoms with E-state index in [1.807, 2.05) is 0 Å². The predicted octanol–water partition coefficient (Wildman–Crippen LogP) is 2.07. The molecule has 62 valence electrons. The van der Waals surface area contributed by atoms with Gasteiger partial charge in [-0.1, -0.05) is 6.92 Å². The van der Waals surface area contributed by atoms with Gasteiger partial charge in [0.1, 0.15) is 0 Å². The van der Waals surface area contributed by atoms with Crippen molar-refractivity contribution in [2.75, 3.05) is 6.61 Å². The fraction of sp³-hybridized carbons (Fsp3) is 1.00. The summed E-state index contributed by atoms with van der Waals surface area (Å²) in [6, 6.07) is 0. The van der Waals surface area contributed by atoms with Gasteiger partial charge in [0, 0.05) is 0 Å².